The Morgan fingerprint density at radius 3 is 3.50 bits per heavy atom. The van der Waals surface area contributed by atoms with Gasteiger partial charge in [-0.2, -0.15) is 0 Å². The van der Waals surface area contributed by atoms with Crippen LogP contribution in [-0.4, -0.2) is 18.6 Å². The fourth-order valence-electron chi connectivity index (χ4n) is 0.936. The second kappa shape index (κ2) is 2.10. The van der Waals surface area contributed by atoms with E-state index in [2.05, 4.69) is 15.3 Å². The summed E-state index contributed by atoms with van der Waals surface area (Å²) in [5, 5.41) is 3.10. The molecule has 0 aromatic rings. The molecule has 0 saturated carbocycles. The third kappa shape index (κ3) is 0.857. The Morgan fingerprint density at radius 2 is 2.50 bits per heavy atom. The molecule has 50 valence electrons. The van der Waals surface area contributed by atoms with Gasteiger partial charge in [0.25, 0.3) is 0 Å². The Hall–Kier alpha value is -1.38. The van der Waals surface area contributed by atoms with Gasteiger partial charge in [0.15, 0.2) is 0 Å². The maximum atomic E-state index is 4.05. The van der Waals surface area contributed by atoms with Gasteiger partial charge in [0, 0.05) is 6.21 Å². The summed E-state index contributed by atoms with van der Waals surface area (Å²) >= 11 is 0. The quantitative estimate of drug-likeness (QED) is 0.512. The van der Waals surface area contributed by atoms with E-state index in [1.807, 2.05) is 24.6 Å². The summed E-state index contributed by atoms with van der Waals surface area (Å²) in [4.78, 5) is 8.00. The van der Waals surface area contributed by atoms with Crippen LogP contribution >= 0.6 is 0 Å². The average molecular weight is 133 g/mol. The van der Waals surface area contributed by atoms with E-state index in [1.165, 1.54) is 0 Å². The number of fused-ring (bicyclic) bond motifs is 1. The Labute approximate surface area is 58.9 Å². The summed E-state index contributed by atoms with van der Waals surface area (Å²) in [6.07, 6.45) is 9.20. The lowest BCUT2D eigenvalue weighted by Crippen LogP contribution is -2.25. The normalized spacial score (nSPS) is 27.2. The average Bonchev–Trinajstić information content (AvgIpc) is 2.12. The third-order valence-electron chi connectivity index (χ3n) is 1.41. The zero-order valence-electron chi connectivity index (χ0n) is 5.36. The van der Waals surface area contributed by atoms with Gasteiger partial charge in [-0.3, -0.25) is 0 Å². The second-order valence-electron chi connectivity index (χ2n) is 2.16. The number of allylic oxidation sites excluding steroid dienone is 1. The predicted molar refractivity (Wildman–Crippen MR) is 41.1 cm³/mol. The van der Waals surface area contributed by atoms with Gasteiger partial charge in [-0.25, -0.2) is 9.98 Å². The van der Waals surface area contributed by atoms with Crippen molar-refractivity contribution in [2.24, 2.45) is 9.98 Å². The lowest BCUT2D eigenvalue weighted by atomic mass is 10.2. The van der Waals surface area contributed by atoms with Crippen molar-refractivity contribution in [1.82, 2.24) is 5.32 Å². The van der Waals surface area contributed by atoms with Crippen molar-refractivity contribution >= 4 is 12.6 Å². The highest BCUT2D eigenvalue weighted by molar-refractivity contribution is 5.80. The van der Waals surface area contributed by atoms with Crippen molar-refractivity contribution in [3.8, 4) is 0 Å². The molecule has 2 aliphatic heterocycles. The monoisotopic (exact) mass is 133 g/mol. The maximum absolute atomic E-state index is 4.05. The minimum absolute atomic E-state index is 0.225. The highest BCUT2D eigenvalue weighted by Gasteiger charge is 2.05. The second-order valence-corrected chi connectivity index (χ2v) is 2.16. The Bertz CT molecular complexity index is 248. The highest BCUT2D eigenvalue weighted by Crippen LogP contribution is 2.06. The van der Waals surface area contributed by atoms with Crippen molar-refractivity contribution in [3.05, 3.63) is 24.0 Å². The molecule has 0 radical (unpaired) electrons. The predicted octanol–water partition coefficient (Wildman–Crippen LogP) is 0.468. The van der Waals surface area contributed by atoms with Crippen LogP contribution in [0.5, 0.6) is 0 Å². The Morgan fingerprint density at radius 1 is 1.50 bits per heavy atom. The summed E-state index contributed by atoms with van der Waals surface area (Å²) < 4.78 is 0. The molecule has 2 heterocycles. The van der Waals surface area contributed by atoms with Crippen molar-refractivity contribution in [3.63, 3.8) is 0 Å². The van der Waals surface area contributed by atoms with Crippen LogP contribution in [0.2, 0.25) is 0 Å². The van der Waals surface area contributed by atoms with E-state index in [1.54, 1.807) is 6.34 Å². The summed E-state index contributed by atoms with van der Waals surface area (Å²) in [6, 6.07) is 0.225. The first-order valence-corrected chi connectivity index (χ1v) is 3.15. The molecule has 0 saturated heterocycles. The summed E-state index contributed by atoms with van der Waals surface area (Å²) in [7, 11) is 0. The molecule has 0 aromatic carbocycles. The van der Waals surface area contributed by atoms with Crippen molar-refractivity contribution in [1.29, 1.82) is 0 Å². The van der Waals surface area contributed by atoms with Gasteiger partial charge in [-0.15, -0.1) is 0 Å². The SMILES string of the molecule is C1=CC2=CC(C=NC=N2)N1. The van der Waals surface area contributed by atoms with Gasteiger partial charge in [0.05, 0.1) is 11.7 Å². The minimum Gasteiger partial charge on any atom is -0.380 e. The number of aliphatic imine (C=N–C) groups is 2. The number of nitrogens with zero attached hydrogens (tertiary/aromatic N) is 2. The van der Waals surface area contributed by atoms with Crippen molar-refractivity contribution < 1.29 is 0 Å². The van der Waals surface area contributed by atoms with E-state index < -0.39 is 0 Å². The molecular weight excluding hydrogens is 126 g/mol. The molecule has 1 unspecified atom stereocenters. The standard InChI is InChI=1S/C7H7N3/c1-2-9-7-3-6(1)10-5-8-4-7/h1-5,7,9H. The van der Waals surface area contributed by atoms with E-state index in [9.17, 15) is 0 Å². The van der Waals surface area contributed by atoms with Crippen LogP contribution in [0, 0.1) is 0 Å². The minimum atomic E-state index is 0.225. The van der Waals surface area contributed by atoms with Crippen LogP contribution in [0.4, 0.5) is 0 Å². The van der Waals surface area contributed by atoms with Gasteiger partial charge in [-0.05, 0) is 18.4 Å². The smallest absolute Gasteiger partial charge is 0.115 e. The van der Waals surface area contributed by atoms with Crippen molar-refractivity contribution in [2.75, 3.05) is 0 Å². The first kappa shape index (κ1) is 5.41. The van der Waals surface area contributed by atoms with Gasteiger partial charge < -0.3 is 5.32 Å². The molecule has 0 fully saturated rings. The zero-order valence-corrected chi connectivity index (χ0v) is 5.36. The molecule has 1 atom stereocenters. The molecule has 10 heavy (non-hydrogen) atoms. The van der Waals surface area contributed by atoms with Gasteiger partial charge >= 0.3 is 0 Å². The van der Waals surface area contributed by atoms with Gasteiger partial charge in [0.2, 0.25) is 0 Å². The molecule has 2 rings (SSSR count). The van der Waals surface area contributed by atoms with Crippen LogP contribution in [0.15, 0.2) is 34.0 Å². The molecule has 0 spiro atoms. The highest BCUT2D eigenvalue weighted by atomic mass is 15.0. The van der Waals surface area contributed by atoms with Crippen LogP contribution in [-0.2, 0) is 0 Å². The van der Waals surface area contributed by atoms with Crippen LogP contribution in [0.1, 0.15) is 0 Å². The third-order valence-corrected chi connectivity index (χ3v) is 1.41. The van der Waals surface area contributed by atoms with E-state index in [-0.39, 0.29) is 6.04 Å². The molecule has 0 amide bonds. The Balaban J connectivity index is 2.37. The zero-order chi connectivity index (χ0) is 6.81. The largest absolute Gasteiger partial charge is 0.380 e. The Kier molecular flexibility index (Phi) is 1.13. The summed E-state index contributed by atoms with van der Waals surface area (Å²) in [6.45, 7) is 0. The van der Waals surface area contributed by atoms with E-state index in [0.717, 1.165) is 5.70 Å². The fraction of sp³-hybridized carbons (Fsp3) is 0.143. The van der Waals surface area contributed by atoms with E-state index in [0.29, 0.717) is 0 Å². The summed E-state index contributed by atoms with van der Waals surface area (Å²) in [5.74, 6) is 0. The van der Waals surface area contributed by atoms with Crippen molar-refractivity contribution in [2.45, 2.75) is 6.04 Å². The number of hydrogen-bond acceptors (Lipinski definition) is 3. The number of hydrogen-bond donors (Lipinski definition) is 1. The maximum Gasteiger partial charge on any atom is 0.115 e. The first-order chi connectivity index (χ1) is 4.95. The molecule has 2 bridgehead atoms. The number of dihydropyridines is 1. The number of nitrogens with one attached hydrogen (secondary N) is 1. The molecule has 0 aromatic heterocycles. The van der Waals surface area contributed by atoms with Crippen LogP contribution in [0.25, 0.3) is 0 Å². The molecule has 3 heteroatoms. The van der Waals surface area contributed by atoms with Crippen LogP contribution < -0.4 is 5.32 Å². The van der Waals surface area contributed by atoms with E-state index >= 15 is 0 Å². The first-order valence-electron chi connectivity index (χ1n) is 3.15. The molecule has 0 aliphatic carbocycles. The molecule has 1 N–H and O–H groups in total. The van der Waals surface area contributed by atoms with Gasteiger partial charge in [-0.1, -0.05) is 0 Å². The number of rotatable bonds is 0. The molecule has 2 aliphatic rings. The topological polar surface area (TPSA) is 36.8 Å². The van der Waals surface area contributed by atoms with E-state index in [4.69, 9.17) is 0 Å². The van der Waals surface area contributed by atoms with Crippen LogP contribution in [0.3, 0.4) is 0 Å². The fourth-order valence-corrected chi connectivity index (χ4v) is 0.936. The van der Waals surface area contributed by atoms with Gasteiger partial charge in [0.1, 0.15) is 6.34 Å². The lowest BCUT2D eigenvalue weighted by Gasteiger charge is -2.10. The molecule has 3 nitrogen and oxygen atoms in total. The summed E-state index contributed by atoms with van der Waals surface area (Å²) in [5.41, 5.74) is 0.973. The molecular formula is C7H7N3. The lowest BCUT2D eigenvalue weighted by molar-refractivity contribution is 0.869.